The number of hydrogen-bond acceptors (Lipinski definition) is 3. The van der Waals surface area contributed by atoms with Crippen molar-refractivity contribution in [2.45, 2.75) is 52.1 Å². The Balaban J connectivity index is 1.76. The van der Waals surface area contributed by atoms with Crippen LogP contribution >= 0.6 is 11.6 Å². The van der Waals surface area contributed by atoms with Crippen molar-refractivity contribution in [3.05, 3.63) is 23.2 Å². The number of amides is 2. The lowest BCUT2D eigenvalue weighted by molar-refractivity contribution is -0.145. The van der Waals surface area contributed by atoms with Crippen molar-refractivity contribution in [1.82, 2.24) is 4.90 Å². The third-order valence-corrected chi connectivity index (χ3v) is 5.84. The highest BCUT2D eigenvalue weighted by Gasteiger charge is 2.57. The number of rotatable bonds is 5. The monoisotopic (exact) mass is 364 g/mol. The lowest BCUT2D eigenvalue weighted by atomic mass is 9.88. The van der Waals surface area contributed by atoms with Crippen molar-refractivity contribution in [1.29, 1.82) is 0 Å². The molecule has 1 saturated heterocycles. The minimum Gasteiger partial charge on any atom is -0.495 e. The number of benzene rings is 1. The topological polar surface area (TPSA) is 58.6 Å². The van der Waals surface area contributed by atoms with E-state index in [2.05, 4.69) is 5.32 Å². The molecule has 5 nitrogen and oxygen atoms in total. The molecule has 1 aliphatic carbocycles. The Morgan fingerprint density at radius 1 is 1.36 bits per heavy atom. The normalized spacial score (nSPS) is 24.7. The van der Waals surface area contributed by atoms with Crippen molar-refractivity contribution in [2.75, 3.05) is 12.4 Å². The maximum atomic E-state index is 13.0. The summed E-state index contributed by atoms with van der Waals surface area (Å²) in [6, 6.07) is 4.95. The summed E-state index contributed by atoms with van der Waals surface area (Å²) in [5.41, 5.74) is 0.174. The molecule has 1 aromatic carbocycles. The number of anilines is 1. The highest BCUT2D eigenvalue weighted by atomic mass is 35.5. The van der Waals surface area contributed by atoms with Crippen LogP contribution in [0.3, 0.4) is 0 Å². The van der Waals surface area contributed by atoms with Crippen LogP contribution in [0.1, 0.15) is 40.0 Å². The number of fused-ring (bicyclic) bond motifs is 1. The summed E-state index contributed by atoms with van der Waals surface area (Å²) in [5, 5.41) is 3.40. The van der Waals surface area contributed by atoms with E-state index < -0.39 is 11.5 Å². The first-order chi connectivity index (χ1) is 11.8. The van der Waals surface area contributed by atoms with Crippen LogP contribution in [-0.4, -0.2) is 35.9 Å². The zero-order chi connectivity index (χ0) is 18.4. The van der Waals surface area contributed by atoms with Crippen LogP contribution in [0.5, 0.6) is 5.75 Å². The number of likely N-dealkylation sites (tertiary alicyclic amines) is 1. The Kier molecular flexibility index (Phi) is 4.71. The van der Waals surface area contributed by atoms with Crippen LogP contribution in [-0.2, 0) is 9.59 Å². The largest absolute Gasteiger partial charge is 0.495 e. The molecule has 3 atom stereocenters. The third-order valence-electron chi connectivity index (χ3n) is 5.52. The maximum absolute atomic E-state index is 13.0. The third kappa shape index (κ3) is 3.34. The molecule has 0 aromatic heterocycles. The lowest BCUT2D eigenvalue weighted by Crippen LogP contribution is -2.50. The molecule has 2 amide bonds. The lowest BCUT2D eigenvalue weighted by Gasteiger charge is -2.33. The van der Waals surface area contributed by atoms with Gasteiger partial charge in [0, 0.05) is 23.2 Å². The fraction of sp³-hybridized carbons (Fsp3) is 0.579. The average Bonchev–Trinajstić information content (AvgIpc) is 3.26. The molecule has 0 radical (unpaired) electrons. The number of ether oxygens (including phenoxy) is 1. The summed E-state index contributed by atoms with van der Waals surface area (Å²) in [4.78, 5) is 27.6. The molecule has 0 bridgehead atoms. The van der Waals surface area contributed by atoms with Crippen molar-refractivity contribution < 1.29 is 14.3 Å². The van der Waals surface area contributed by atoms with E-state index in [9.17, 15) is 9.59 Å². The van der Waals surface area contributed by atoms with Gasteiger partial charge in [-0.1, -0.05) is 32.4 Å². The molecule has 1 heterocycles. The van der Waals surface area contributed by atoms with E-state index in [0.717, 1.165) is 19.3 Å². The second kappa shape index (κ2) is 6.52. The minimum atomic E-state index is -0.445. The Hall–Kier alpha value is -1.75. The number of halogens is 1. The first kappa shape index (κ1) is 18.1. The molecule has 3 rings (SSSR count). The van der Waals surface area contributed by atoms with E-state index in [4.69, 9.17) is 16.3 Å². The number of piperidine rings is 1. The van der Waals surface area contributed by atoms with Gasteiger partial charge in [-0.3, -0.25) is 9.59 Å². The summed E-state index contributed by atoms with van der Waals surface area (Å²) >= 11 is 6.03. The molecule has 2 aliphatic rings. The number of methoxy groups -OCH3 is 1. The van der Waals surface area contributed by atoms with Gasteiger partial charge >= 0.3 is 0 Å². The van der Waals surface area contributed by atoms with Gasteiger partial charge in [0.25, 0.3) is 0 Å². The number of nitrogens with one attached hydrogen (secondary N) is 1. The van der Waals surface area contributed by atoms with Crippen molar-refractivity contribution in [3.8, 4) is 5.75 Å². The first-order valence-electron chi connectivity index (χ1n) is 8.75. The van der Waals surface area contributed by atoms with Gasteiger partial charge in [-0.2, -0.15) is 0 Å². The molecular formula is C19H25ClN2O3. The van der Waals surface area contributed by atoms with E-state index in [1.54, 1.807) is 18.2 Å². The molecule has 0 spiro atoms. The van der Waals surface area contributed by atoms with Crippen LogP contribution < -0.4 is 10.1 Å². The molecule has 0 unspecified atom stereocenters. The Morgan fingerprint density at radius 2 is 2.08 bits per heavy atom. The zero-order valence-electron chi connectivity index (χ0n) is 15.1. The van der Waals surface area contributed by atoms with Crippen LogP contribution in [0.4, 0.5) is 5.69 Å². The van der Waals surface area contributed by atoms with Gasteiger partial charge in [-0.15, -0.1) is 0 Å². The van der Waals surface area contributed by atoms with Gasteiger partial charge in [0.15, 0.2) is 0 Å². The maximum Gasteiger partial charge on any atom is 0.247 e. The summed E-state index contributed by atoms with van der Waals surface area (Å²) in [6.45, 7) is 5.90. The van der Waals surface area contributed by atoms with Crippen molar-refractivity contribution in [2.24, 2.45) is 11.3 Å². The first-order valence-corrected chi connectivity index (χ1v) is 9.13. The van der Waals surface area contributed by atoms with E-state index >= 15 is 0 Å². The molecule has 1 saturated carbocycles. The minimum absolute atomic E-state index is 0.0776. The van der Waals surface area contributed by atoms with Crippen LogP contribution in [0, 0.1) is 11.3 Å². The second-order valence-electron chi connectivity index (χ2n) is 7.60. The number of carbonyl (C=O) groups is 2. The standard InChI is InChI=1S/C19H25ClN2O3/c1-5-19(2,3)18(24)22-14-8-11(14)9-15(22)17(23)21-12-6-7-13(20)16(10-12)25-4/h6-7,10-11,14-15H,5,8-9H2,1-4H3,(H,21,23)/t11-,14+,15+/m1/s1. The molecule has 2 fully saturated rings. The summed E-state index contributed by atoms with van der Waals surface area (Å²) < 4.78 is 5.19. The van der Waals surface area contributed by atoms with Crippen molar-refractivity contribution >= 4 is 29.1 Å². The fourth-order valence-electron chi connectivity index (χ4n) is 3.45. The SMILES string of the molecule is CCC(C)(C)C(=O)N1[C@H](C(=O)Nc2ccc(Cl)c(OC)c2)C[C@H]2C[C@@H]21. The molecular weight excluding hydrogens is 340 g/mol. The predicted octanol–water partition coefficient (Wildman–Crippen LogP) is 3.71. The molecule has 1 N–H and O–H groups in total. The highest BCUT2D eigenvalue weighted by molar-refractivity contribution is 6.32. The molecule has 136 valence electrons. The number of carbonyl (C=O) groups excluding carboxylic acids is 2. The summed E-state index contributed by atoms with van der Waals surface area (Å²) in [7, 11) is 1.53. The van der Waals surface area contributed by atoms with Gasteiger partial charge in [0.2, 0.25) is 11.8 Å². The van der Waals surface area contributed by atoms with Gasteiger partial charge in [-0.25, -0.2) is 0 Å². The molecule has 1 aromatic rings. The molecule has 1 aliphatic heterocycles. The Bertz CT molecular complexity index is 704. The van der Waals surface area contributed by atoms with Gasteiger partial charge in [0.1, 0.15) is 11.8 Å². The Labute approximate surface area is 153 Å². The average molecular weight is 365 g/mol. The van der Waals surface area contributed by atoms with Gasteiger partial charge < -0.3 is 15.0 Å². The van der Waals surface area contributed by atoms with Crippen LogP contribution in [0.15, 0.2) is 18.2 Å². The van der Waals surface area contributed by atoms with Gasteiger partial charge in [-0.05, 0) is 37.3 Å². The van der Waals surface area contributed by atoms with E-state index in [0.29, 0.717) is 22.4 Å². The number of nitrogens with zero attached hydrogens (tertiary/aromatic N) is 1. The summed E-state index contributed by atoms with van der Waals surface area (Å²) in [5.74, 6) is 0.909. The predicted molar refractivity (Wildman–Crippen MR) is 97.9 cm³/mol. The highest BCUT2D eigenvalue weighted by Crippen LogP contribution is 2.49. The summed E-state index contributed by atoms with van der Waals surface area (Å²) in [6.07, 6.45) is 2.51. The quantitative estimate of drug-likeness (QED) is 0.866. The fourth-order valence-corrected chi connectivity index (χ4v) is 3.64. The van der Waals surface area contributed by atoms with Crippen LogP contribution in [0.25, 0.3) is 0 Å². The van der Waals surface area contributed by atoms with E-state index in [1.807, 2.05) is 25.7 Å². The molecule has 6 heteroatoms. The van der Waals surface area contributed by atoms with Crippen molar-refractivity contribution in [3.63, 3.8) is 0 Å². The number of hydrogen-bond donors (Lipinski definition) is 1. The van der Waals surface area contributed by atoms with Crippen LogP contribution in [0.2, 0.25) is 5.02 Å². The second-order valence-corrected chi connectivity index (χ2v) is 8.01. The van der Waals surface area contributed by atoms with Gasteiger partial charge in [0.05, 0.1) is 12.1 Å². The van der Waals surface area contributed by atoms with E-state index in [-0.39, 0.29) is 17.9 Å². The Morgan fingerprint density at radius 3 is 2.72 bits per heavy atom. The zero-order valence-corrected chi connectivity index (χ0v) is 15.9. The smallest absolute Gasteiger partial charge is 0.247 e. The molecule has 25 heavy (non-hydrogen) atoms. The van der Waals surface area contributed by atoms with E-state index in [1.165, 1.54) is 7.11 Å².